The first-order valence-corrected chi connectivity index (χ1v) is 4.20. The van der Waals surface area contributed by atoms with Crippen LogP contribution in [-0.4, -0.2) is 18.8 Å². The summed E-state index contributed by atoms with van der Waals surface area (Å²) in [6, 6.07) is 0.573. The van der Waals surface area contributed by atoms with E-state index in [4.69, 9.17) is 0 Å². The zero-order chi connectivity index (χ0) is 7.98. The lowest BCUT2D eigenvalue weighted by Gasteiger charge is -2.19. The van der Waals surface area contributed by atoms with Crippen LogP contribution in [0.2, 0.25) is 0 Å². The van der Waals surface area contributed by atoms with Crippen LogP contribution in [-0.2, 0) is 0 Å². The van der Waals surface area contributed by atoms with Gasteiger partial charge in [-0.3, -0.25) is 5.32 Å². The third-order valence-corrected chi connectivity index (χ3v) is 1.39. The van der Waals surface area contributed by atoms with Gasteiger partial charge in [0.1, 0.15) is 0 Å². The highest BCUT2D eigenvalue weighted by Crippen LogP contribution is 1.87. The van der Waals surface area contributed by atoms with Crippen LogP contribution in [0.5, 0.6) is 0 Å². The lowest BCUT2D eigenvalue weighted by molar-refractivity contribution is 0.390. The van der Waals surface area contributed by atoms with Gasteiger partial charge in [0.15, 0.2) is 0 Å². The summed E-state index contributed by atoms with van der Waals surface area (Å²) in [4.78, 5) is 0. The van der Waals surface area contributed by atoms with Gasteiger partial charge in [0.2, 0.25) is 0 Å². The molecular formula is C8H20N2. The van der Waals surface area contributed by atoms with E-state index in [1.165, 1.54) is 0 Å². The molecule has 1 atom stereocenters. The maximum Gasteiger partial charge on any atom is 0.0570 e. The minimum Gasteiger partial charge on any atom is -0.302 e. The Kier molecular flexibility index (Phi) is 5.64. The van der Waals surface area contributed by atoms with Crippen LogP contribution in [0.4, 0.5) is 0 Å². The normalized spacial score (nSPS) is 14.1. The molecule has 0 amide bonds. The summed E-state index contributed by atoms with van der Waals surface area (Å²) in [5.41, 5.74) is 0. The van der Waals surface area contributed by atoms with Gasteiger partial charge in [-0.1, -0.05) is 13.8 Å². The number of rotatable bonds is 5. The predicted molar refractivity (Wildman–Crippen MR) is 46.0 cm³/mol. The third-order valence-electron chi connectivity index (χ3n) is 1.39. The molecule has 0 aromatic heterocycles. The largest absolute Gasteiger partial charge is 0.302 e. The summed E-state index contributed by atoms with van der Waals surface area (Å²) in [5, 5.41) is 6.77. The first-order chi connectivity index (χ1) is 4.70. The van der Waals surface area contributed by atoms with Crippen molar-refractivity contribution in [2.24, 2.45) is 0 Å². The topological polar surface area (TPSA) is 24.1 Å². The summed E-state index contributed by atoms with van der Waals surface area (Å²) < 4.78 is 0. The number of hydrogen-bond acceptors (Lipinski definition) is 2. The van der Waals surface area contributed by atoms with Crippen molar-refractivity contribution in [3.8, 4) is 0 Å². The summed E-state index contributed by atoms with van der Waals surface area (Å²) in [5.74, 6) is 0. The van der Waals surface area contributed by atoms with Crippen LogP contribution >= 0.6 is 0 Å². The highest BCUT2D eigenvalue weighted by atomic mass is 15.1. The Morgan fingerprint density at radius 1 is 1.20 bits per heavy atom. The van der Waals surface area contributed by atoms with Crippen LogP contribution in [0.15, 0.2) is 0 Å². The molecule has 0 heterocycles. The second-order valence-electron chi connectivity index (χ2n) is 2.84. The van der Waals surface area contributed by atoms with Gasteiger partial charge in [-0.15, -0.1) is 0 Å². The van der Waals surface area contributed by atoms with Gasteiger partial charge in [-0.25, -0.2) is 0 Å². The fourth-order valence-electron chi connectivity index (χ4n) is 0.970. The van der Waals surface area contributed by atoms with Gasteiger partial charge in [0.05, 0.1) is 6.17 Å². The smallest absolute Gasteiger partial charge is 0.0570 e. The highest BCUT2D eigenvalue weighted by molar-refractivity contribution is 4.63. The van der Waals surface area contributed by atoms with E-state index in [0.717, 1.165) is 13.0 Å². The molecule has 0 bridgehead atoms. The van der Waals surface area contributed by atoms with Crippen LogP contribution < -0.4 is 10.6 Å². The maximum atomic E-state index is 3.42. The van der Waals surface area contributed by atoms with E-state index in [2.05, 4.69) is 38.3 Å². The van der Waals surface area contributed by atoms with Gasteiger partial charge in [-0.05, 0) is 26.8 Å². The standard InChI is InChI=1S/C8H20N2/c1-5-8(9-6-2)10-7(3)4/h7-10H,5-6H2,1-4H3. The summed E-state index contributed by atoms with van der Waals surface area (Å²) in [6.45, 7) is 9.69. The highest BCUT2D eigenvalue weighted by Gasteiger charge is 2.03. The third kappa shape index (κ3) is 4.77. The molecule has 0 aliphatic heterocycles. The predicted octanol–water partition coefficient (Wildman–Crippen LogP) is 1.33. The van der Waals surface area contributed by atoms with E-state index in [1.807, 2.05) is 0 Å². The second-order valence-corrected chi connectivity index (χ2v) is 2.84. The average Bonchev–Trinajstić information content (AvgIpc) is 1.86. The van der Waals surface area contributed by atoms with Crippen molar-refractivity contribution in [2.75, 3.05) is 6.54 Å². The van der Waals surface area contributed by atoms with Gasteiger partial charge >= 0.3 is 0 Å². The van der Waals surface area contributed by atoms with Crippen LogP contribution in [0, 0.1) is 0 Å². The molecule has 0 aliphatic carbocycles. The van der Waals surface area contributed by atoms with E-state index < -0.39 is 0 Å². The zero-order valence-electron chi connectivity index (χ0n) is 7.57. The molecule has 0 aromatic rings. The number of hydrogen-bond donors (Lipinski definition) is 2. The molecule has 10 heavy (non-hydrogen) atoms. The Bertz CT molecular complexity index is 71.7. The Morgan fingerprint density at radius 3 is 2.10 bits per heavy atom. The molecule has 62 valence electrons. The molecular weight excluding hydrogens is 124 g/mol. The van der Waals surface area contributed by atoms with Gasteiger partial charge in [-0.2, -0.15) is 0 Å². The summed E-state index contributed by atoms with van der Waals surface area (Å²) in [7, 11) is 0. The number of nitrogens with one attached hydrogen (secondary N) is 2. The second kappa shape index (κ2) is 5.69. The lowest BCUT2D eigenvalue weighted by Crippen LogP contribution is -2.44. The zero-order valence-corrected chi connectivity index (χ0v) is 7.57. The SMILES string of the molecule is CCNC(CC)NC(C)C. The Morgan fingerprint density at radius 2 is 1.80 bits per heavy atom. The van der Waals surface area contributed by atoms with Crippen LogP contribution in [0.25, 0.3) is 0 Å². The Hall–Kier alpha value is -0.0800. The van der Waals surface area contributed by atoms with Gasteiger partial charge in [0, 0.05) is 6.04 Å². The van der Waals surface area contributed by atoms with E-state index >= 15 is 0 Å². The first-order valence-electron chi connectivity index (χ1n) is 4.20. The van der Waals surface area contributed by atoms with Crippen LogP contribution in [0.3, 0.4) is 0 Å². The molecule has 2 N–H and O–H groups in total. The van der Waals surface area contributed by atoms with Crippen LogP contribution in [0.1, 0.15) is 34.1 Å². The lowest BCUT2D eigenvalue weighted by atomic mass is 10.3. The van der Waals surface area contributed by atoms with Gasteiger partial charge in [0.25, 0.3) is 0 Å². The molecule has 0 fully saturated rings. The molecule has 0 rings (SSSR count). The van der Waals surface area contributed by atoms with Gasteiger partial charge < -0.3 is 5.32 Å². The monoisotopic (exact) mass is 144 g/mol. The quantitative estimate of drug-likeness (QED) is 0.569. The van der Waals surface area contributed by atoms with E-state index in [1.54, 1.807) is 0 Å². The average molecular weight is 144 g/mol. The molecule has 0 aliphatic rings. The molecule has 2 heteroatoms. The molecule has 0 aromatic carbocycles. The van der Waals surface area contributed by atoms with Crippen molar-refractivity contribution in [1.82, 2.24) is 10.6 Å². The fraction of sp³-hybridized carbons (Fsp3) is 1.00. The fourth-order valence-corrected chi connectivity index (χ4v) is 0.970. The molecule has 0 saturated carbocycles. The van der Waals surface area contributed by atoms with E-state index in [0.29, 0.717) is 12.2 Å². The minimum atomic E-state index is 0.491. The molecule has 1 unspecified atom stereocenters. The van der Waals surface area contributed by atoms with Crippen molar-refractivity contribution in [3.63, 3.8) is 0 Å². The molecule has 0 spiro atoms. The minimum absolute atomic E-state index is 0.491. The molecule has 2 nitrogen and oxygen atoms in total. The van der Waals surface area contributed by atoms with E-state index in [-0.39, 0.29) is 0 Å². The summed E-state index contributed by atoms with van der Waals surface area (Å²) >= 11 is 0. The first kappa shape index (κ1) is 9.92. The Balaban J connectivity index is 3.39. The van der Waals surface area contributed by atoms with Crippen molar-refractivity contribution in [1.29, 1.82) is 0 Å². The van der Waals surface area contributed by atoms with Crippen molar-refractivity contribution in [2.45, 2.75) is 46.3 Å². The maximum absolute atomic E-state index is 3.42. The van der Waals surface area contributed by atoms with Crippen molar-refractivity contribution in [3.05, 3.63) is 0 Å². The van der Waals surface area contributed by atoms with Crippen molar-refractivity contribution < 1.29 is 0 Å². The summed E-state index contributed by atoms with van der Waals surface area (Å²) in [6.07, 6.45) is 1.64. The van der Waals surface area contributed by atoms with Crippen molar-refractivity contribution >= 4 is 0 Å². The molecule has 0 radical (unpaired) electrons. The van der Waals surface area contributed by atoms with E-state index in [9.17, 15) is 0 Å². The Labute approximate surface area is 64.4 Å². The molecule has 0 saturated heterocycles.